The maximum Gasteiger partial charge on any atom is 0.307 e. The number of unbranched alkanes of at least 4 members (excludes halogenated alkanes) is 1. The molecule has 0 radical (unpaired) electrons. The number of benzene rings is 1. The number of carbonyl (C=O) groups excluding carboxylic acids is 5. The number of aliphatic hydroxyl groups is 1. The average Bonchev–Trinajstić information content (AvgIpc) is 2.88. The summed E-state index contributed by atoms with van der Waals surface area (Å²) in [7, 11) is 6.94. The number of fused-ring (bicyclic) bond motifs is 3. The van der Waals surface area contributed by atoms with Crippen LogP contribution >= 0.6 is 0 Å². The molecule has 0 bridgehead atoms. The fraction of sp³-hybridized carbons (Fsp3) is 0.516. The third-order valence-corrected chi connectivity index (χ3v) is 8.30. The maximum atomic E-state index is 14.6. The quantitative estimate of drug-likeness (QED) is 0.244. The predicted molar refractivity (Wildman–Crippen MR) is 155 cm³/mol. The van der Waals surface area contributed by atoms with E-state index in [1.165, 1.54) is 0 Å². The minimum absolute atomic E-state index is 0.0208. The molecule has 1 unspecified atom stereocenters. The molecule has 4 atom stereocenters. The molecule has 1 aromatic rings. The van der Waals surface area contributed by atoms with Gasteiger partial charge in [0.05, 0.1) is 18.2 Å². The topological polar surface area (TPSA) is 166 Å². The lowest BCUT2D eigenvalue weighted by molar-refractivity contribution is -0.180. The molecule has 3 N–H and O–H groups in total. The Morgan fingerprint density at radius 3 is 2.30 bits per heavy atom. The van der Waals surface area contributed by atoms with Gasteiger partial charge in [0.1, 0.15) is 17.1 Å². The van der Waals surface area contributed by atoms with Gasteiger partial charge in [-0.3, -0.25) is 28.9 Å². The summed E-state index contributed by atoms with van der Waals surface area (Å²) in [5.41, 5.74) is 4.10. The van der Waals surface area contributed by atoms with E-state index in [4.69, 9.17) is 19.9 Å². The summed E-state index contributed by atoms with van der Waals surface area (Å²) in [6.07, 6.45) is 2.00. The molecule has 0 spiro atoms. The van der Waals surface area contributed by atoms with Crippen molar-refractivity contribution in [1.82, 2.24) is 4.90 Å². The summed E-state index contributed by atoms with van der Waals surface area (Å²) < 4.78 is 17.5. The van der Waals surface area contributed by atoms with Crippen LogP contribution in [-0.2, 0) is 35.1 Å². The summed E-state index contributed by atoms with van der Waals surface area (Å²) in [5.74, 6) is -7.11. The lowest BCUT2D eigenvalue weighted by atomic mass is 9.58. The molecular weight excluding hydrogens is 558 g/mol. The van der Waals surface area contributed by atoms with Gasteiger partial charge < -0.3 is 30.0 Å². The summed E-state index contributed by atoms with van der Waals surface area (Å²) in [6.45, 7) is 4.54. The molecule has 0 saturated carbocycles. The van der Waals surface area contributed by atoms with Crippen LogP contribution in [0.2, 0.25) is 0 Å². The van der Waals surface area contributed by atoms with E-state index in [1.807, 2.05) is 32.0 Å². The lowest BCUT2D eigenvalue weighted by Gasteiger charge is -2.52. The Labute approximate surface area is 250 Å². The largest absolute Gasteiger partial charge is 0.510 e. The Morgan fingerprint density at radius 1 is 1.09 bits per heavy atom. The van der Waals surface area contributed by atoms with Gasteiger partial charge in [0.15, 0.2) is 11.5 Å². The Hall–Kier alpha value is -4.19. The number of rotatable bonds is 9. The van der Waals surface area contributed by atoms with E-state index in [2.05, 4.69) is 0 Å². The molecule has 3 aliphatic carbocycles. The van der Waals surface area contributed by atoms with Crippen molar-refractivity contribution in [2.75, 3.05) is 39.7 Å². The number of anilines is 1. The zero-order valence-corrected chi connectivity index (χ0v) is 25.6. The van der Waals surface area contributed by atoms with Gasteiger partial charge in [0.25, 0.3) is 5.91 Å². The predicted octanol–water partition coefficient (Wildman–Crippen LogP) is 2.24. The first-order chi connectivity index (χ1) is 20.2. The zero-order valence-electron chi connectivity index (χ0n) is 25.6. The molecule has 12 heteroatoms. The second-order valence-corrected chi connectivity index (χ2v) is 11.6. The lowest BCUT2D eigenvalue weighted by Crippen LogP contribution is -2.65. The van der Waals surface area contributed by atoms with Gasteiger partial charge in [-0.15, -0.1) is 0 Å². The molecule has 0 aromatic heterocycles. The first kappa shape index (κ1) is 31.7. The fourth-order valence-electron chi connectivity index (χ4n) is 6.71. The highest BCUT2D eigenvalue weighted by molar-refractivity contribution is 6.25. The summed E-state index contributed by atoms with van der Waals surface area (Å²) in [4.78, 5) is 70.2. The Bertz CT molecular complexity index is 1460. The molecule has 1 aromatic carbocycles. The number of allylic oxidation sites excluding steroid dienone is 1. The van der Waals surface area contributed by atoms with Crippen LogP contribution in [0.25, 0.3) is 0 Å². The van der Waals surface area contributed by atoms with Crippen molar-refractivity contribution in [3.8, 4) is 5.75 Å². The number of likely N-dealkylation sites (N-methyl/N-ethyl adjacent to an activating group) is 1. The van der Waals surface area contributed by atoms with Crippen LogP contribution in [-0.4, -0.2) is 85.9 Å². The van der Waals surface area contributed by atoms with Crippen LogP contribution in [0, 0.1) is 11.8 Å². The number of esters is 2. The molecule has 0 saturated heterocycles. The Kier molecular flexibility index (Phi) is 8.73. The number of hydrogen-bond donors (Lipinski definition) is 2. The van der Waals surface area contributed by atoms with Crippen molar-refractivity contribution >= 4 is 35.1 Å². The molecule has 12 nitrogen and oxygen atoms in total. The monoisotopic (exact) mass is 597 g/mol. The number of nitrogens with zero attached hydrogens (tertiary/aromatic N) is 2. The number of ether oxygens (including phenoxy) is 3. The minimum Gasteiger partial charge on any atom is -0.510 e. The second-order valence-electron chi connectivity index (χ2n) is 11.6. The van der Waals surface area contributed by atoms with Crippen LogP contribution in [0.1, 0.15) is 56.0 Å². The molecule has 3 aliphatic rings. The number of Topliss-reactive ketones (excluding diaryl/α,β-unsaturated/α-hetero) is 2. The van der Waals surface area contributed by atoms with Crippen LogP contribution in [0.15, 0.2) is 34.8 Å². The molecule has 4 rings (SSSR count). The van der Waals surface area contributed by atoms with Gasteiger partial charge in [-0.1, -0.05) is 13.3 Å². The second kappa shape index (κ2) is 11.8. The molecule has 0 fully saturated rings. The molecule has 0 heterocycles. The van der Waals surface area contributed by atoms with Gasteiger partial charge in [0, 0.05) is 45.1 Å². The van der Waals surface area contributed by atoms with Gasteiger partial charge in [-0.2, -0.15) is 0 Å². The van der Waals surface area contributed by atoms with Crippen LogP contribution in [0.3, 0.4) is 0 Å². The molecule has 1 amide bonds. The molecule has 43 heavy (non-hydrogen) atoms. The minimum atomic E-state index is -2.43. The number of ketones is 2. The summed E-state index contributed by atoms with van der Waals surface area (Å²) >= 11 is 0. The highest BCUT2D eigenvalue weighted by Crippen LogP contribution is 2.55. The number of nitrogens with two attached hydrogens (primary N) is 1. The van der Waals surface area contributed by atoms with Crippen LogP contribution < -0.4 is 15.4 Å². The standard InChI is InChI=1S/C31H39N3O9/c1-8-9-12-41-21-11-10-20(33(4)5)18-13-17-14-19-25(34(6)7)27(38)24(30(32)40)28(39)31(19,43-16(3)36)29(42-15(2)35)22(17)26(37)23(18)21/h10-11,17,19,25,38H,8-9,12-14H2,1-7H3,(H2,32,40)/t17-,19-,25?,31+/m0/s1. The molecule has 232 valence electrons. The SMILES string of the molecule is CCCCOc1ccc(N(C)C)c2c1C(=O)C1=C(OC(C)=O)[C@]3(OC(C)=O)C(=O)C(C(N)=O)=C(O)C(N(C)C)[C@@H]3C[C@@H]1C2. The van der Waals surface area contributed by atoms with Crippen molar-refractivity contribution < 1.29 is 43.3 Å². The first-order valence-corrected chi connectivity index (χ1v) is 14.3. The number of primary amides is 1. The zero-order chi connectivity index (χ0) is 32.0. The van der Waals surface area contributed by atoms with Crippen molar-refractivity contribution in [3.63, 3.8) is 0 Å². The third kappa shape index (κ3) is 5.17. The summed E-state index contributed by atoms with van der Waals surface area (Å²) in [5, 5.41) is 11.2. The number of hydrogen-bond acceptors (Lipinski definition) is 11. The highest BCUT2D eigenvalue weighted by atomic mass is 16.6. The Morgan fingerprint density at radius 2 is 1.77 bits per heavy atom. The molecular formula is C31H39N3O9. The van der Waals surface area contributed by atoms with E-state index in [0.717, 1.165) is 37.9 Å². The van der Waals surface area contributed by atoms with Gasteiger partial charge >= 0.3 is 11.9 Å². The summed E-state index contributed by atoms with van der Waals surface area (Å²) in [6, 6.07) is 2.53. The van der Waals surface area contributed by atoms with Crippen LogP contribution in [0.5, 0.6) is 5.75 Å². The highest BCUT2D eigenvalue weighted by Gasteiger charge is 2.67. The van der Waals surface area contributed by atoms with E-state index >= 15 is 0 Å². The fourth-order valence-corrected chi connectivity index (χ4v) is 6.71. The van der Waals surface area contributed by atoms with Gasteiger partial charge in [0.2, 0.25) is 11.4 Å². The first-order valence-electron chi connectivity index (χ1n) is 14.3. The maximum absolute atomic E-state index is 14.6. The van der Waals surface area contributed by atoms with E-state index in [9.17, 15) is 29.1 Å². The third-order valence-electron chi connectivity index (χ3n) is 8.30. The van der Waals surface area contributed by atoms with E-state index < -0.39 is 70.0 Å². The average molecular weight is 598 g/mol. The molecule has 0 aliphatic heterocycles. The van der Waals surface area contributed by atoms with Gasteiger partial charge in [-0.25, -0.2) is 0 Å². The number of amides is 1. The van der Waals surface area contributed by atoms with E-state index in [0.29, 0.717) is 18.8 Å². The van der Waals surface area contributed by atoms with Crippen molar-refractivity contribution in [3.05, 3.63) is 45.9 Å². The van der Waals surface area contributed by atoms with Crippen LogP contribution in [0.4, 0.5) is 5.69 Å². The number of carbonyl (C=O) groups is 5. The Balaban J connectivity index is 2.10. The van der Waals surface area contributed by atoms with Crippen molar-refractivity contribution in [2.45, 2.75) is 58.1 Å². The van der Waals surface area contributed by atoms with E-state index in [1.54, 1.807) is 25.1 Å². The normalized spacial score (nSPS) is 24.7. The number of aliphatic hydroxyl groups excluding tert-OH is 1. The van der Waals surface area contributed by atoms with Gasteiger partial charge in [-0.05, 0) is 57.0 Å². The van der Waals surface area contributed by atoms with Crippen molar-refractivity contribution in [1.29, 1.82) is 0 Å². The van der Waals surface area contributed by atoms with E-state index in [-0.39, 0.29) is 17.6 Å². The smallest absolute Gasteiger partial charge is 0.307 e. The van der Waals surface area contributed by atoms with Crippen molar-refractivity contribution in [2.24, 2.45) is 17.6 Å².